The highest BCUT2D eigenvalue weighted by molar-refractivity contribution is 7.98. The number of carbonyl (C=O) groups is 2. The number of carbonyl (C=O) groups excluding carboxylic acids is 2. The Bertz CT molecular complexity index is 1750. The van der Waals surface area contributed by atoms with Gasteiger partial charge in [-0.1, -0.05) is 86.7 Å². The summed E-state index contributed by atoms with van der Waals surface area (Å²) in [6.45, 7) is 4.46. The van der Waals surface area contributed by atoms with Gasteiger partial charge in [0, 0.05) is 32.8 Å². The van der Waals surface area contributed by atoms with Crippen LogP contribution < -0.4 is 4.18 Å². The average molecular weight is 629 g/mol. The van der Waals surface area contributed by atoms with Crippen LogP contribution in [0.4, 0.5) is 0 Å². The third-order valence-electron chi connectivity index (χ3n) is 8.69. The van der Waals surface area contributed by atoms with E-state index in [1.807, 2.05) is 42.5 Å². The van der Waals surface area contributed by atoms with Gasteiger partial charge in [0.05, 0.1) is 16.9 Å². The van der Waals surface area contributed by atoms with Crippen LogP contribution in [-0.4, -0.2) is 23.0 Å². The van der Waals surface area contributed by atoms with Gasteiger partial charge in [-0.05, 0) is 71.5 Å². The number of rotatable bonds is 10. The molecule has 0 unspecified atom stereocenters. The van der Waals surface area contributed by atoms with Crippen molar-refractivity contribution in [2.24, 2.45) is 0 Å². The van der Waals surface area contributed by atoms with Crippen molar-refractivity contribution >= 4 is 58.9 Å². The predicted molar refractivity (Wildman–Crippen MR) is 185 cm³/mol. The summed E-state index contributed by atoms with van der Waals surface area (Å²) >= 11 is 2.92. The number of nitrogens with one attached hydrogen (secondary N) is 2. The summed E-state index contributed by atoms with van der Waals surface area (Å²) in [5.74, 6) is 1.02. The largest absolute Gasteiger partial charge is 0.421 e. The minimum Gasteiger partial charge on any atom is -0.421 e. The highest BCUT2D eigenvalue weighted by Gasteiger charge is 2.31. The zero-order valence-electron chi connectivity index (χ0n) is 25.1. The van der Waals surface area contributed by atoms with Crippen molar-refractivity contribution in [3.05, 3.63) is 136 Å². The highest BCUT2D eigenvalue weighted by atomic mass is 32.2. The molecule has 2 aliphatic rings. The Balaban J connectivity index is 1.15. The van der Waals surface area contributed by atoms with E-state index in [1.165, 1.54) is 34.8 Å². The SMILES string of the molecule is CCC(CC)(c1ccc(CSc2cccc3c2C=CC(=N)C3=O)cc1)c1ccc(OSc2cccc3c2C=CC(=N)C3=O)cc1. The normalized spacial score (nSPS) is 14.0. The lowest BCUT2D eigenvalue weighted by molar-refractivity contribution is 0.105. The molecule has 0 saturated heterocycles. The number of thioether (sulfide) groups is 1. The van der Waals surface area contributed by atoms with Gasteiger partial charge in [0.15, 0.2) is 0 Å². The van der Waals surface area contributed by atoms with Gasteiger partial charge < -0.3 is 4.18 Å². The molecule has 5 nitrogen and oxygen atoms in total. The van der Waals surface area contributed by atoms with Gasteiger partial charge in [0.1, 0.15) is 17.2 Å². The van der Waals surface area contributed by atoms with E-state index in [0.717, 1.165) is 45.3 Å². The third-order valence-corrected chi connectivity index (χ3v) is 10.6. The Morgan fingerprint density at radius 1 is 0.644 bits per heavy atom. The summed E-state index contributed by atoms with van der Waals surface area (Å²) in [5.41, 5.74) is 6.41. The molecule has 45 heavy (non-hydrogen) atoms. The molecule has 0 heterocycles. The number of benzene rings is 4. The van der Waals surface area contributed by atoms with Crippen LogP contribution in [0.25, 0.3) is 12.2 Å². The molecule has 0 spiro atoms. The van der Waals surface area contributed by atoms with Crippen LogP contribution in [0.5, 0.6) is 5.75 Å². The van der Waals surface area contributed by atoms with E-state index in [0.29, 0.717) is 11.1 Å². The van der Waals surface area contributed by atoms with Crippen LogP contribution in [0.15, 0.2) is 107 Å². The van der Waals surface area contributed by atoms with Crippen molar-refractivity contribution in [3.63, 3.8) is 0 Å². The molecule has 4 aromatic carbocycles. The third kappa shape index (κ3) is 5.86. The molecule has 0 atom stereocenters. The molecule has 0 bridgehead atoms. The molecule has 7 heteroatoms. The molecule has 2 N–H and O–H groups in total. The zero-order chi connectivity index (χ0) is 31.6. The van der Waals surface area contributed by atoms with Gasteiger partial charge >= 0.3 is 0 Å². The van der Waals surface area contributed by atoms with Gasteiger partial charge in [0.25, 0.3) is 0 Å². The lowest BCUT2D eigenvalue weighted by atomic mass is 9.70. The Morgan fingerprint density at radius 3 is 1.71 bits per heavy atom. The van der Waals surface area contributed by atoms with Gasteiger partial charge in [-0.2, -0.15) is 0 Å². The van der Waals surface area contributed by atoms with Crippen LogP contribution in [0, 0.1) is 10.8 Å². The van der Waals surface area contributed by atoms with Crippen molar-refractivity contribution < 1.29 is 13.8 Å². The molecule has 224 valence electrons. The molecule has 0 fully saturated rings. The van der Waals surface area contributed by atoms with E-state index in [-0.39, 0.29) is 28.4 Å². The van der Waals surface area contributed by atoms with Gasteiger partial charge in [0.2, 0.25) is 11.6 Å². The summed E-state index contributed by atoms with van der Waals surface area (Å²) < 4.78 is 6.07. The second-order valence-corrected chi connectivity index (χ2v) is 12.8. The molecule has 2 aliphatic carbocycles. The quantitative estimate of drug-likeness (QED) is 0.135. The second-order valence-electron chi connectivity index (χ2n) is 11.1. The van der Waals surface area contributed by atoms with Crippen LogP contribution >= 0.6 is 23.8 Å². The molecular formula is C38H32N2O3S2. The summed E-state index contributed by atoms with van der Waals surface area (Å²) in [4.78, 5) is 26.7. The second kappa shape index (κ2) is 12.9. The number of fused-ring (bicyclic) bond motifs is 2. The fourth-order valence-electron chi connectivity index (χ4n) is 6.04. The van der Waals surface area contributed by atoms with Crippen molar-refractivity contribution in [1.82, 2.24) is 0 Å². The smallest absolute Gasteiger partial charge is 0.211 e. The molecule has 0 amide bonds. The fourth-order valence-corrected chi connectivity index (χ4v) is 7.76. The maximum Gasteiger partial charge on any atom is 0.211 e. The van der Waals surface area contributed by atoms with E-state index < -0.39 is 0 Å². The first-order valence-corrected chi connectivity index (χ1v) is 16.6. The summed E-state index contributed by atoms with van der Waals surface area (Å²) in [7, 11) is 0. The Kier molecular flexibility index (Phi) is 8.74. The molecule has 0 radical (unpaired) electrons. The first kappa shape index (κ1) is 30.6. The van der Waals surface area contributed by atoms with E-state index in [4.69, 9.17) is 15.0 Å². The first-order chi connectivity index (χ1) is 21.8. The number of hydrogen-bond donors (Lipinski definition) is 2. The van der Waals surface area contributed by atoms with E-state index in [9.17, 15) is 9.59 Å². The summed E-state index contributed by atoms with van der Waals surface area (Å²) in [6.07, 6.45) is 8.69. The van der Waals surface area contributed by atoms with Crippen LogP contribution in [-0.2, 0) is 11.2 Å². The lowest BCUT2D eigenvalue weighted by Crippen LogP contribution is -2.26. The molecule has 4 aromatic rings. The van der Waals surface area contributed by atoms with Crippen molar-refractivity contribution in [2.75, 3.05) is 0 Å². The van der Waals surface area contributed by atoms with Crippen molar-refractivity contribution in [2.45, 2.75) is 47.6 Å². The molecular weight excluding hydrogens is 597 g/mol. The maximum absolute atomic E-state index is 12.4. The molecule has 0 aromatic heterocycles. The standard InChI is InChI=1S/C38H32N2O3S2/c1-3-38(4-2,25-13-11-24(12-14-25)23-44-34-9-5-7-30-28(34)19-21-32(39)36(30)41)26-15-17-27(18-16-26)43-45-35-10-6-8-31-29(35)20-22-33(40)37(31)42/h5-22,39-40H,3-4,23H2,1-2H3. The Morgan fingerprint density at radius 2 is 1.16 bits per heavy atom. The monoisotopic (exact) mass is 628 g/mol. The van der Waals surface area contributed by atoms with Crippen molar-refractivity contribution in [1.29, 1.82) is 10.8 Å². The van der Waals surface area contributed by atoms with Gasteiger partial charge in [-0.25, -0.2) is 0 Å². The van der Waals surface area contributed by atoms with E-state index in [1.54, 1.807) is 36.0 Å². The van der Waals surface area contributed by atoms with Gasteiger partial charge in [-0.15, -0.1) is 11.8 Å². The van der Waals surface area contributed by atoms with Crippen LogP contribution in [0.3, 0.4) is 0 Å². The molecule has 0 saturated carbocycles. The fraction of sp³-hybridized carbons (Fsp3) is 0.158. The Labute approximate surface area is 272 Å². The highest BCUT2D eigenvalue weighted by Crippen LogP contribution is 2.41. The lowest BCUT2D eigenvalue weighted by Gasteiger charge is -2.33. The number of hydrogen-bond acceptors (Lipinski definition) is 7. The Hall–Kier alpha value is -4.46. The number of allylic oxidation sites excluding steroid dienone is 2. The zero-order valence-corrected chi connectivity index (χ0v) is 26.7. The maximum atomic E-state index is 12.4. The van der Waals surface area contributed by atoms with E-state index in [2.05, 4.69) is 50.2 Å². The van der Waals surface area contributed by atoms with Crippen molar-refractivity contribution in [3.8, 4) is 5.75 Å². The summed E-state index contributed by atoms with van der Waals surface area (Å²) in [6, 6.07) is 28.4. The topological polar surface area (TPSA) is 91.1 Å². The molecule has 0 aliphatic heterocycles. The number of Topliss-reactive ketones (excluding diaryl/α,β-unsaturated/α-hetero) is 2. The average Bonchev–Trinajstić information content (AvgIpc) is 3.08. The predicted octanol–water partition coefficient (Wildman–Crippen LogP) is 9.63. The van der Waals surface area contributed by atoms with Crippen LogP contribution in [0.2, 0.25) is 0 Å². The van der Waals surface area contributed by atoms with Gasteiger partial charge in [-0.3, -0.25) is 20.4 Å². The minimum absolute atomic E-state index is 0.00443. The first-order valence-electron chi connectivity index (χ1n) is 14.9. The van der Waals surface area contributed by atoms with Crippen LogP contribution in [0.1, 0.15) is 75.2 Å². The molecule has 6 rings (SSSR count). The minimum atomic E-state index is -0.269. The number of ketones is 2. The van der Waals surface area contributed by atoms with E-state index >= 15 is 0 Å². The summed E-state index contributed by atoms with van der Waals surface area (Å²) in [5, 5.41) is 15.6.